The van der Waals surface area contributed by atoms with Crippen LogP contribution in [-0.4, -0.2) is 50.2 Å². The number of quaternary nitrogens is 1. The highest BCUT2D eigenvalue weighted by atomic mass is 16.5. The van der Waals surface area contributed by atoms with E-state index >= 15 is 0 Å². The maximum Gasteiger partial charge on any atom is 0.306 e. The van der Waals surface area contributed by atoms with Gasteiger partial charge in [0.2, 0.25) is 0 Å². The molecule has 0 saturated carbocycles. The van der Waals surface area contributed by atoms with Crippen LogP contribution in [0.25, 0.3) is 0 Å². The molecule has 0 aromatic rings. The zero-order valence-corrected chi connectivity index (χ0v) is 23.0. The normalized spacial score (nSPS) is 12.8. The van der Waals surface area contributed by atoms with Gasteiger partial charge in [-0.05, 0) is 32.1 Å². The number of hydrogen-bond acceptors (Lipinski definition) is 4. The van der Waals surface area contributed by atoms with Gasteiger partial charge in [-0.25, -0.2) is 0 Å². The minimum Gasteiger partial charge on any atom is -0.550 e. The molecule has 0 aliphatic carbocycles. The van der Waals surface area contributed by atoms with Crippen LogP contribution in [0.15, 0.2) is 12.2 Å². The van der Waals surface area contributed by atoms with Gasteiger partial charge in [0, 0.05) is 18.8 Å². The predicted octanol–water partition coefficient (Wildman–Crippen LogP) is 6.34. The molecule has 0 bridgehead atoms. The molecule has 0 saturated heterocycles. The molecule has 0 spiro atoms. The minimum atomic E-state index is -1.17. The molecule has 0 aromatic heterocycles. The summed E-state index contributed by atoms with van der Waals surface area (Å²) < 4.78 is 5.94. The van der Waals surface area contributed by atoms with E-state index in [1.165, 1.54) is 89.9 Å². The molecule has 34 heavy (non-hydrogen) atoms. The number of unbranched alkanes of at least 4 members (excludes halogenated alkanes) is 15. The summed E-state index contributed by atoms with van der Waals surface area (Å²) in [5.74, 6) is -1.47. The molecule has 0 rings (SSSR count). The van der Waals surface area contributed by atoms with Gasteiger partial charge in [-0.2, -0.15) is 0 Å². The topological polar surface area (TPSA) is 66.4 Å². The second-order valence-corrected chi connectivity index (χ2v) is 10.9. The summed E-state index contributed by atoms with van der Waals surface area (Å²) in [4.78, 5) is 23.0. The van der Waals surface area contributed by atoms with Crippen molar-refractivity contribution >= 4 is 11.9 Å². The first-order valence-electron chi connectivity index (χ1n) is 14.1. The van der Waals surface area contributed by atoms with Crippen LogP contribution < -0.4 is 5.11 Å². The average Bonchev–Trinajstić information content (AvgIpc) is 2.73. The molecule has 0 amide bonds. The Morgan fingerprint density at radius 3 is 1.62 bits per heavy atom. The van der Waals surface area contributed by atoms with E-state index in [1.54, 1.807) is 0 Å². The fourth-order valence-corrected chi connectivity index (χ4v) is 4.23. The van der Waals surface area contributed by atoms with Gasteiger partial charge >= 0.3 is 5.97 Å². The van der Waals surface area contributed by atoms with E-state index in [2.05, 4.69) is 19.1 Å². The van der Waals surface area contributed by atoms with Crippen molar-refractivity contribution in [2.24, 2.45) is 0 Å². The fourth-order valence-electron chi connectivity index (χ4n) is 4.23. The molecule has 1 atom stereocenters. The molecule has 0 aliphatic rings. The monoisotopic (exact) mass is 481 g/mol. The highest BCUT2D eigenvalue weighted by Gasteiger charge is 2.22. The number of hydrogen-bond donors (Lipinski definition) is 0. The van der Waals surface area contributed by atoms with E-state index in [0.29, 0.717) is 17.4 Å². The number of carbonyl (C=O) groups excluding carboxylic acids is 2. The lowest BCUT2D eigenvalue weighted by Gasteiger charge is -2.29. The molecule has 0 radical (unpaired) electrons. The molecule has 0 fully saturated rings. The number of esters is 1. The van der Waals surface area contributed by atoms with Crippen LogP contribution in [0.2, 0.25) is 0 Å². The largest absolute Gasteiger partial charge is 0.550 e. The lowest BCUT2D eigenvalue weighted by Crippen LogP contribution is -2.45. The van der Waals surface area contributed by atoms with Crippen molar-refractivity contribution in [3.8, 4) is 0 Å². The Kier molecular flexibility index (Phi) is 21.2. The van der Waals surface area contributed by atoms with Crippen LogP contribution in [0, 0.1) is 0 Å². The standard InChI is InChI=1S/C29H55NO4/c1-5-6-7-8-9-10-11-12-13-14-15-16-17-18-19-20-21-22-23-24-29(33)34-27(25-28(31)32)26-30(2,3)4/h12-13,27H,5-11,14-26H2,1-4H3/b13-12-. The van der Waals surface area contributed by atoms with Gasteiger partial charge in [0.05, 0.1) is 21.1 Å². The minimum absolute atomic E-state index is 0.239. The summed E-state index contributed by atoms with van der Waals surface area (Å²) in [6, 6.07) is 0. The molecule has 0 N–H and O–H groups in total. The van der Waals surface area contributed by atoms with Gasteiger partial charge in [0.25, 0.3) is 0 Å². The van der Waals surface area contributed by atoms with E-state index in [4.69, 9.17) is 4.74 Å². The number of carboxylic acids is 1. The third kappa shape index (κ3) is 25.3. The Balaban J connectivity index is 3.52. The Morgan fingerprint density at radius 1 is 0.735 bits per heavy atom. The maximum absolute atomic E-state index is 12.1. The van der Waals surface area contributed by atoms with Crippen molar-refractivity contribution in [3.05, 3.63) is 12.2 Å². The Hall–Kier alpha value is -1.36. The van der Waals surface area contributed by atoms with Crippen LogP contribution in [-0.2, 0) is 14.3 Å². The summed E-state index contributed by atoms with van der Waals surface area (Å²) in [6.07, 6.45) is 25.7. The van der Waals surface area contributed by atoms with Crippen molar-refractivity contribution < 1.29 is 23.9 Å². The summed E-state index contributed by atoms with van der Waals surface area (Å²) in [6.45, 7) is 2.73. The van der Waals surface area contributed by atoms with Gasteiger partial charge in [0.15, 0.2) is 6.10 Å². The number of nitrogens with zero attached hydrogens (tertiary/aromatic N) is 1. The molecule has 1 unspecified atom stereocenters. The number of carbonyl (C=O) groups is 2. The van der Waals surface area contributed by atoms with Gasteiger partial charge in [-0.1, -0.05) is 96.1 Å². The second kappa shape index (κ2) is 22.1. The third-order valence-corrected chi connectivity index (χ3v) is 6.09. The van der Waals surface area contributed by atoms with Crippen molar-refractivity contribution in [2.75, 3.05) is 27.7 Å². The molecular formula is C29H55NO4. The molecular weight excluding hydrogens is 426 g/mol. The number of carboxylic acid groups (broad SMARTS) is 1. The maximum atomic E-state index is 12.1. The highest BCUT2D eigenvalue weighted by Crippen LogP contribution is 2.13. The quantitative estimate of drug-likeness (QED) is 0.0698. The van der Waals surface area contributed by atoms with Crippen molar-refractivity contribution in [3.63, 3.8) is 0 Å². The van der Waals surface area contributed by atoms with Gasteiger partial charge in [0.1, 0.15) is 6.54 Å². The fraction of sp³-hybridized carbons (Fsp3) is 0.862. The molecule has 200 valence electrons. The van der Waals surface area contributed by atoms with Gasteiger partial charge < -0.3 is 19.1 Å². The lowest BCUT2D eigenvalue weighted by molar-refractivity contribution is -0.873. The van der Waals surface area contributed by atoms with Gasteiger partial charge in [-0.3, -0.25) is 4.79 Å². The van der Waals surface area contributed by atoms with Crippen molar-refractivity contribution in [1.29, 1.82) is 0 Å². The van der Waals surface area contributed by atoms with Crippen LogP contribution in [0.3, 0.4) is 0 Å². The van der Waals surface area contributed by atoms with Crippen molar-refractivity contribution in [1.82, 2.24) is 0 Å². The Morgan fingerprint density at radius 2 is 1.18 bits per heavy atom. The Bertz CT molecular complexity index is 525. The molecule has 5 heteroatoms. The van der Waals surface area contributed by atoms with E-state index in [-0.39, 0.29) is 12.4 Å². The van der Waals surface area contributed by atoms with Gasteiger partial charge in [-0.15, -0.1) is 0 Å². The molecule has 0 aromatic carbocycles. The molecule has 5 nitrogen and oxygen atoms in total. The first-order chi connectivity index (χ1) is 16.2. The SMILES string of the molecule is CCCCCCCC/C=C\CCCCCCCCCCCC(=O)OC(CC(=O)[O-])C[N+](C)(C)C. The summed E-state index contributed by atoms with van der Waals surface area (Å²) in [7, 11) is 5.85. The highest BCUT2D eigenvalue weighted by molar-refractivity contribution is 5.70. The van der Waals surface area contributed by atoms with Crippen LogP contribution >= 0.6 is 0 Å². The third-order valence-electron chi connectivity index (χ3n) is 6.09. The number of aliphatic carboxylic acids is 1. The first-order valence-corrected chi connectivity index (χ1v) is 14.1. The molecule has 0 aliphatic heterocycles. The van der Waals surface area contributed by atoms with Crippen LogP contribution in [0.5, 0.6) is 0 Å². The number of ether oxygens (including phenoxy) is 1. The second-order valence-electron chi connectivity index (χ2n) is 10.9. The zero-order chi connectivity index (χ0) is 25.5. The summed E-state index contributed by atoms with van der Waals surface area (Å²) >= 11 is 0. The predicted molar refractivity (Wildman–Crippen MR) is 140 cm³/mol. The summed E-state index contributed by atoms with van der Waals surface area (Å²) in [5.41, 5.74) is 0. The number of rotatable bonds is 24. The van der Waals surface area contributed by atoms with Crippen LogP contribution in [0.4, 0.5) is 0 Å². The first kappa shape index (κ1) is 32.6. The zero-order valence-electron chi connectivity index (χ0n) is 23.0. The van der Waals surface area contributed by atoms with Crippen LogP contribution in [0.1, 0.15) is 129 Å². The number of allylic oxidation sites excluding steroid dienone is 2. The van der Waals surface area contributed by atoms with E-state index in [9.17, 15) is 14.7 Å². The average molecular weight is 482 g/mol. The summed E-state index contributed by atoms with van der Waals surface area (Å²) in [5, 5.41) is 10.9. The van der Waals surface area contributed by atoms with E-state index in [1.807, 2.05) is 21.1 Å². The van der Waals surface area contributed by atoms with E-state index < -0.39 is 12.1 Å². The Labute approximate surface area is 210 Å². The lowest BCUT2D eigenvalue weighted by atomic mass is 10.1. The van der Waals surface area contributed by atoms with Crippen molar-refractivity contribution in [2.45, 2.75) is 135 Å². The number of likely N-dealkylation sites (N-methyl/N-ethyl adjacent to an activating group) is 1. The van der Waals surface area contributed by atoms with E-state index in [0.717, 1.165) is 19.3 Å². The smallest absolute Gasteiger partial charge is 0.306 e. The molecule has 0 heterocycles.